The Morgan fingerprint density at radius 2 is 1.34 bits per heavy atom. The molecule has 1 radical (unpaired) electrons. The van der Waals surface area contributed by atoms with Gasteiger partial charge in [0.1, 0.15) is 16.7 Å². The zero-order chi connectivity index (χ0) is 46.8. The van der Waals surface area contributed by atoms with Crippen LogP contribution in [0.4, 0.5) is 0 Å². The van der Waals surface area contributed by atoms with Gasteiger partial charge in [-0.05, 0) is 95.0 Å². The Morgan fingerprint density at radius 1 is 0.631 bits per heavy atom. The third-order valence-electron chi connectivity index (χ3n) is 11.9. The summed E-state index contributed by atoms with van der Waals surface area (Å²) in [4.78, 5) is 14.1. The molecule has 0 N–H and O–H groups in total. The summed E-state index contributed by atoms with van der Waals surface area (Å²) in [6, 6.07) is 52.7. The zero-order valence-electron chi connectivity index (χ0n) is 40.4. The van der Waals surface area contributed by atoms with E-state index >= 15 is 0 Å². The topological polar surface area (TPSA) is 69.9 Å². The first-order valence-electron chi connectivity index (χ1n) is 23.4. The first-order chi connectivity index (χ1) is 32.1. The van der Waals surface area contributed by atoms with Crippen LogP contribution in [0.5, 0.6) is 0 Å². The third-order valence-corrected chi connectivity index (χ3v) is 11.9. The van der Waals surface area contributed by atoms with Gasteiger partial charge in [0.25, 0.3) is 0 Å². The number of hydrogen-bond donors (Lipinski definition) is 0. The Hall–Kier alpha value is -6.66. The number of hydrogen-bond acceptors (Lipinski definition) is 5. The number of rotatable bonds is 6. The van der Waals surface area contributed by atoms with Gasteiger partial charge in [-0.25, -0.2) is 0 Å². The molecule has 0 saturated heterocycles. The summed E-state index contributed by atoms with van der Waals surface area (Å²) in [5.74, 6) is 1.68. The van der Waals surface area contributed by atoms with E-state index in [0.717, 1.165) is 88.8 Å². The fraction of sp³-hybridized carbons (Fsp3) is 0.190. The monoisotopic (exact) mass is 1030 g/mol. The molecule has 0 amide bonds. The molecule has 6 nitrogen and oxygen atoms in total. The summed E-state index contributed by atoms with van der Waals surface area (Å²) in [5.41, 5.74) is 13.0. The second-order valence-electron chi connectivity index (χ2n) is 18.1. The maximum Gasteiger partial charge on any atom is 0.136 e. The Bertz CT molecular complexity index is 3590. The van der Waals surface area contributed by atoms with Gasteiger partial charge in [0.15, 0.2) is 0 Å². The van der Waals surface area contributed by atoms with Crippen LogP contribution >= 0.6 is 0 Å². The van der Waals surface area contributed by atoms with Crippen LogP contribution in [0, 0.1) is 19.0 Å². The molecule has 0 atom stereocenters. The molecule has 4 aromatic heterocycles. The standard InChI is InChI=1S/C44H35N2O2.C14H15N2.Ir/c1-25(2)33-21-29(28-12-7-6-8-13-28)22-34(26(3)4)42(33)46-38-20-27(5)18-19-37(38)45-44(46)32-16-11-15-31-36-24-40-35(23-41(36)48-43(31)32)30-14-9-10-17-39(30)47-40;1-14(2,3)12-9-10-15-13(16-12)11-7-5-4-6-8-11;/h6-15,17-26H,1-5H3;4-7,9-10H,1-3H3;/q2*-1;/i5D3;;. The molecule has 4 heterocycles. The molecule has 0 aliphatic rings. The van der Waals surface area contributed by atoms with Crippen molar-refractivity contribution in [1.82, 2.24) is 19.5 Å². The Morgan fingerprint density at radius 3 is 2.05 bits per heavy atom. The van der Waals surface area contributed by atoms with E-state index in [9.17, 15) is 0 Å². The Labute approximate surface area is 398 Å². The number of aryl methyl sites for hydroxylation is 1. The number of fused-ring (bicyclic) bond motifs is 7. The fourth-order valence-electron chi connectivity index (χ4n) is 8.65. The summed E-state index contributed by atoms with van der Waals surface area (Å²) in [7, 11) is 0. The molecule has 0 fully saturated rings. The maximum absolute atomic E-state index is 8.28. The first kappa shape index (κ1) is 39.9. The van der Waals surface area contributed by atoms with Crippen LogP contribution in [0.15, 0.2) is 155 Å². The number of para-hydroxylation sites is 1. The van der Waals surface area contributed by atoms with Gasteiger partial charge in [-0.15, -0.1) is 54.1 Å². The van der Waals surface area contributed by atoms with Gasteiger partial charge < -0.3 is 13.4 Å². The van der Waals surface area contributed by atoms with Crippen LogP contribution in [0.3, 0.4) is 0 Å². The van der Waals surface area contributed by atoms with Crippen molar-refractivity contribution < 1.29 is 33.1 Å². The van der Waals surface area contributed by atoms with E-state index in [0.29, 0.717) is 22.5 Å². The molecule has 0 aliphatic carbocycles. The van der Waals surface area contributed by atoms with Crippen molar-refractivity contribution >= 4 is 54.9 Å². The second kappa shape index (κ2) is 17.4. The number of nitrogens with zero attached hydrogens (tertiary/aromatic N) is 4. The Balaban J connectivity index is 0.000000289. The van der Waals surface area contributed by atoms with Crippen molar-refractivity contribution in [3.8, 4) is 39.6 Å². The van der Waals surface area contributed by atoms with Gasteiger partial charge >= 0.3 is 0 Å². The molecule has 0 aliphatic heterocycles. The van der Waals surface area contributed by atoms with Crippen molar-refractivity contribution in [3.05, 3.63) is 180 Å². The van der Waals surface area contributed by atoms with E-state index in [4.69, 9.17) is 17.9 Å². The minimum absolute atomic E-state index is 0. The molecule has 7 aromatic carbocycles. The molecular formula is C58H50IrN4O2-2. The number of furan rings is 2. The fourth-order valence-corrected chi connectivity index (χ4v) is 8.65. The van der Waals surface area contributed by atoms with Gasteiger partial charge in [0, 0.05) is 63.4 Å². The van der Waals surface area contributed by atoms with E-state index in [1.807, 2.05) is 79.0 Å². The molecule has 0 saturated carbocycles. The molecular weight excluding hydrogens is 977 g/mol. The quantitative estimate of drug-likeness (QED) is 0.155. The van der Waals surface area contributed by atoms with Gasteiger partial charge in [-0.3, -0.25) is 15.0 Å². The summed E-state index contributed by atoms with van der Waals surface area (Å²) >= 11 is 0. The number of imidazole rings is 1. The van der Waals surface area contributed by atoms with Crippen LogP contribution in [0.1, 0.15) is 86.8 Å². The van der Waals surface area contributed by atoms with Gasteiger partial charge in [0.05, 0.1) is 28.3 Å². The molecule has 7 heteroatoms. The minimum atomic E-state index is -2.28. The SMILES string of the molecule is CC(C)(C)c1ccnc(-c2[c-]cccc2)n1.[2H]C([2H])([2H])c1ccc2nc(-c3[c-]ccc4c3oc3cc5c(cc34)oc3ccccc35)n(-c3c(C(C)C)cc(-c4ccccc4)cc3C(C)C)c2c1.[Ir]. The summed E-state index contributed by atoms with van der Waals surface area (Å²) in [6.45, 7) is 13.0. The summed E-state index contributed by atoms with van der Waals surface area (Å²) in [6.07, 6.45) is 1.81. The van der Waals surface area contributed by atoms with Crippen molar-refractivity contribution in [2.24, 2.45) is 0 Å². The smallest absolute Gasteiger partial charge is 0.136 e. The third kappa shape index (κ3) is 8.09. The van der Waals surface area contributed by atoms with Crippen LogP contribution in [-0.4, -0.2) is 19.5 Å². The van der Waals surface area contributed by atoms with Crippen LogP contribution in [0.25, 0.3) is 94.5 Å². The Kier molecular flexibility index (Phi) is 10.7. The molecule has 0 spiro atoms. The van der Waals surface area contributed by atoms with Gasteiger partial charge in [-0.2, -0.15) is 0 Å². The average molecular weight is 1030 g/mol. The van der Waals surface area contributed by atoms with Crippen LogP contribution < -0.4 is 0 Å². The van der Waals surface area contributed by atoms with Crippen molar-refractivity contribution in [3.63, 3.8) is 0 Å². The molecule has 65 heavy (non-hydrogen) atoms. The van der Waals surface area contributed by atoms with Crippen molar-refractivity contribution in [2.75, 3.05) is 0 Å². The molecule has 325 valence electrons. The molecule has 11 aromatic rings. The summed E-state index contributed by atoms with van der Waals surface area (Å²) in [5, 5.41) is 3.90. The van der Waals surface area contributed by atoms with Crippen molar-refractivity contribution in [1.29, 1.82) is 0 Å². The van der Waals surface area contributed by atoms with Gasteiger partial charge in [0.2, 0.25) is 0 Å². The van der Waals surface area contributed by atoms with Crippen LogP contribution in [-0.2, 0) is 25.5 Å². The molecule has 0 bridgehead atoms. The van der Waals surface area contributed by atoms with E-state index in [1.165, 1.54) is 0 Å². The summed E-state index contributed by atoms with van der Waals surface area (Å²) < 4.78 is 40.0. The molecule has 0 unspecified atom stereocenters. The second-order valence-corrected chi connectivity index (χ2v) is 18.1. The zero-order valence-corrected chi connectivity index (χ0v) is 39.8. The maximum atomic E-state index is 8.28. The van der Waals surface area contributed by atoms with Crippen molar-refractivity contribution in [2.45, 2.75) is 72.6 Å². The predicted octanol–water partition coefficient (Wildman–Crippen LogP) is 15.8. The predicted molar refractivity (Wildman–Crippen MR) is 263 cm³/mol. The largest absolute Gasteiger partial charge is 0.501 e. The minimum Gasteiger partial charge on any atom is -0.501 e. The van der Waals surface area contributed by atoms with E-state index < -0.39 is 6.85 Å². The van der Waals surface area contributed by atoms with Crippen LogP contribution in [0.2, 0.25) is 0 Å². The number of benzene rings is 7. The average Bonchev–Trinajstić information content (AvgIpc) is 4.01. The van der Waals surface area contributed by atoms with E-state index in [2.05, 4.69) is 130 Å². The van der Waals surface area contributed by atoms with Gasteiger partial charge in [-0.1, -0.05) is 114 Å². The normalized spacial score (nSPS) is 12.7. The first-order valence-corrected chi connectivity index (χ1v) is 21.9. The van der Waals surface area contributed by atoms with E-state index in [1.54, 1.807) is 12.1 Å². The van der Waals surface area contributed by atoms with E-state index in [-0.39, 0.29) is 42.9 Å². The number of aromatic nitrogens is 4. The molecule has 11 rings (SSSR count).